The van der Waals surface area contributed by atoms with Gasteiger partial charge in [-0.15, -0.1) is 0 Å². The molecule has 0 aliphatic heterocycles. The van der Waals surface area contributed by atoms with Crippen LogP contribution >= 0.6 is 0 Å². The first-order valence-corrected chi connectivity index (χ1v) is 8.20. The van der Waals surface area contributed by atoms with Crippen molar-refractivity contribution in [2.45, 2.75) is 52.4 Å². The van der Waals surface area contributed by atoms with Crippen molar-refractivity contribution in [1.82, 2.24) is 0 Å². The smallest absolute Gasteiger partial charge is 0.305 e. The van der Waals surface area contributed by atoms with Crippen LogP contribution in [0.2, 0.25) is 0 Å². The van der Waals surface area contributed by atoms with Gasteiger partial charge in [0.15, 0.2) is 0 Å². The van der Waals surface area contributed by atoms with Crippen LogP contribution in [0.25, 0.3) is 0 Å². The minimum Gasteiger partial charge on any atom is -0.466 e. The summed E-state index contributed by atoms with van der Waals surface area (Å²) in [5.41, 5.74) is 0. The highest BCUT2D eigenvalue weighted by molar-refractivity contribution is 5.69. The van der Waals surface area contributed by atoms with Crippen LogP contribution in [0.4, 0.5) is 0 Å². The third-order valence-electron chi connectivity index (χ3n) is 2.82. The average molecular weight is 304 g/mol. The van der Waals surface area contributed by atoms with E-state index in [0.717, 1.165) is 32.3 Å². The van der Waals surface area contributed by atoms with Crippen LogP contribution in [-0.4, -0.2) is 52.2 Å². The SMILES string of the molecule is CCCCOCCOCCOCCCC(=O)OCCCC. The van der Waals surface area contributed by atoms with Gasteiger partial charge in [-0.2, -0.15) is 0 Å². The Morgan fingerprint density at radius 2 is 1.14 bits per heavy atom. The van der Waals surface area contributed by atoms with Gasteiger partial charge in [-0.1, -0.05) is 26.7 Å². The Morgan fingerprint density at radius 3 is 1.71 bits per heavy atom. The normalized spacial score (nSPS) is 10.8. The van der Waals surface area contributed by atoms with E-state index in [1.807, 2.05) is 0 Å². The highest BCUT2D eigenvalue weighted by Gasteiger charge is 2.01. The molecule has 0 saturated heterocycles. The minimum absolute atomic E-state index is 0.132. The molecule has 0 N–H and O–H groups in total. The van der Waals surface area contributed by atoms with E-state index in [0.29, 0.717) is 52.5 Å². The molecule has 0 unspecified atom stereocenters. The predicted octanol–water partition coefficient (Wildman–Crippen LogP) is 2.96. The first kappa shape index (κ1) is 20.3. The Bertz CT molecular complexity index is 221. The molecule has 5 nitrogen and oxygen atoms in total. The molecule has 0 fully saturated rings. The summed E-state index contributed by atoms with van der Waals surface area (Å²) in [6.07, 6.45) is 5.35. The second-order valence-electron chi connectivity index (χ2n) is 4.87. The number of carbonyl (C=O) groups excluding carboxylic acids is 1. The molecule has 0 atom stereocenters. The highest BCUT2D eigenvalue weighted by atomic mass is 16.5. The maximum absolute atomic E-state index is 11.3. The van der Waals surface area contributed by atoms with E-state index >= 15 is 0 Å². The number of hydrogen-bond acceptors (Lipinski definition) is 5. The highest BCUT2D eigenvalue weighted by Crippen LogP contribution is 1.96. The lowest BCUT2D eigenvalue weighted by molar-refractivity contribution is -0.144. The molecule has 0 bridgehead atoms. The van der Waals surface area contributed by atoms with Gasteiger partial charge in [0.25, 0.3) is 0 Å². The van der Waals surface area contributed by atoms with Gasteiger partial charge >= 0.3 is 5.97 Å². The lowest BCUT2D eigenvalue weighted by atomic mass is 10.3. The second kappa shape index (κ2) is 17.4. The van der Waals surface area contributed by atoms with Crippen LogP contribution in [0, 0.1) is 0 Å². The fraction of sp³-hybridized carbons (Fsp3) is 0.938. The predicted molar refractivity (Wildman–Crippen MR) is 82.5 cm³/mol. The molecule has 0 saturated carbocycles. The molecule has 0 amide bonds. The Balaban J connectivity index is 3.06. The van der Waals surface area contributed by atoms with Gasteiger partial charge in [0, 0.05) is 19.6 Å². The Morgan fingerprint density at radius 1 is 0.667 bits per heavy atom. The maximum Gasteiger partial charge on any atom is 0.305 e. The van der Waals surface area contributed by atoms with Gasteiger partial charge in [0.1, 0.15) is 0 Å². The van der Waals surface area contributed by atoms with Gasteiger partial charge in [-0.3, -0.25) is 4.79 Å². The van der Waals surface area contributed by atoms with Crippen LogP contribution in [0.5, 0.6) is 0 Å². The average Bonchev–Trinajstić information content (AvgIpc) is 2.48. The number of carbonyl (C=O) groups is 1. The van der Waals surface area contributed by atoms with E-state index in [9.17, 15) is 4.79 Å². The Labute approximate surface area is 129 Å². The standard InChI is InChI=1S/C16H32O5/c1-3-5-9-18-12-14-20-15-13-19-10-7-8-16(17)21-11-6-4-2/h3-15H2,1-2H3. The zero-order valence-electron chi connectivity index (χ0n) is 13.7. The van der Waals surface area contributed by atoms with Crippen LogP contribution < -0.4 is 0 Å². The van der Waals surface area contributed by atoms with Crippen molar-refractivity contribution in [2.24, 2.45) is 0 Å². The molecule has 21 heavy (non-hydrogen) atoms. The van der Waals surface area contributed by atoms with Crippen molar-refractivity contribution < 1.29 is 23.7 Å². The summed E-state index contributed by atoms with van der Waals surface area (Å²) in [4.78, 5) is 11.3. The molecule has 0 spiro atoms. The van der Waals surface area contributed by atoms with Crippen LogP contribution in [0.3, 0.4) is 0 Å². The van der Waals surface area contributed by atoms with Gasteiger partial charge in [-0.05, 0) is 19.3 Å². The zero-order valence-corrected chi connectivity index (χ0v) is 13.7. The van der Waals surface area contributed by atoms with E-state index in [4.69, 9.17) is 18.9 Å². The molecule has 0 heterocycles. The van der Waals surface area contributed by atoms with Crippen molar-refractivity contribution in [2.75, 3.05) is 46.2 Å². The Hall–Kier alpha value is -0.650. The van der Waals surface area contributed by atoms with Crippen molar-refractivity contribution in [3.63, 3.8) is 0 Å². The number of esters is 1. The molecule has 0 aliphatic carbocycles. The molecule has 0 radical (unpaired) electrons. The first-order chi connectivity index (χ1) is 10.3. The van der Waals surface area contributed by atoms with E-state index in [1.165, 1.54) is 0 Å². The maximum atomic E-state index is 11.3. The van der Waals surface area contributed by atoms with Crippen molar-refractivity contribution >= 4 is 5.97 Å². The van der Waals surface area contributed by atoms with E-state index in [2.05, 4.69) is 13.8 Å². The monoisotopic (exact) mass is 304 g/mol. The summed E-state index contributed by atoms with van der Waals surface area (Å²) in [6.45, 7) is 8.50. The molecule has 0 aliphatic rings. The number of rotatable bonds is 16. The fourth-order valence-corrected chi connectivity index (χ4v) is 1.51. The molecule has 0 aromatic carbocycles. The van der Waals surface area contributed by atoms with Gasteiger partial charge < -0.3 is 18.9 Å². The first-order valence-electron chi connectivity index (χ1n) is 8.20. The molecule has 0 aromatic rings. The van der Waals surface area contributed by atoms with Crippen LogP contribution in [0.15, 0.2) is 0 Å². The van der Waals surface area contributed by atoms with E-state index in [-0.39, 0.29) is 5.97 Å². The van der Waals surface area contributed by atoms with Gasteiger partial charge in [0.05, 0.1) is 33.0 Å². The summed E-state index contributed by atoms with van der Waals surface area (Å²) in [5.74, 6) is -0.132. The summed E-state index contributed by atoms with van der Waals surface area (Å²) in [5, 5.41) is 0. The van der Waals surface area contributed by atoms with E-state index < -0.39 is 0 Å². The number of unbranched alkanes of at least 4 members (excludes halogenated alkanes) is 2. The van der Waals surface area contributed by atoms with Crippen LogP contribution in [-0.2, 0) is 23.7 Å². The molecule has 0 rings (SSSR count). The number of ether oxygens (including phenoxy) is 4. The minimum atomic E-state index is -0.132. The summed E-state index contributed by atoms with van der Waals surface area (Å²) in [7, 11) is 0. The van der Waals surface area contributed by atoms with Gasteiger partial charge in [-0.25, -0.2) is 0 Å². The molecule has 126 valence electrons. The molecule has 5 heteroatoms. The molecule has 0 aromatic heterocycles. The third-order valence-corrected chi connectivity index (χ3v) is 2.82. The lowest BCUT2D eigenvalue weighted by Crippen LogP contribution is -2.11. The van der Waals surface area contributed by atoms with Crippen molar-refractivity contribution in [1.29, 1.82) is 0 Å². The summed E-state index contributed by atoms with van der Waals surface area (Å²) >= 11 is 0. The fourth-order valence-electron chi connectivity index (χ4n) is 1.51. The largest absolute Gasteiger partial charge is 0.466 e. The topological polar surface area (TPSA) is 54.0 Å². The number of hydrogen-bond donors (Lipinski definition) is 0. The van der Waals surface area contributed by atoms with Crippen molar-refractivity contribution in [3.8, 4) is 0 Å². The quantitative estimate of drug-likeness (QED) is 0.324. The lowest BCUT2D eigenvalue weighted by Gasteiger charge is -2.07. The van der Waals surface area contributed by atoms with Crippen molar-refractivity contribution in [3.05, 3.63) is 0 Å². The zero-order chi connectivity index (χ0) is 15.6. The molecular weight excluding hydrogens is 272 g/mol. The third kappa shape index (κ3) is 17.3. The van der Waals surface area contributed by atoms with Crippen LogP contribution in [0.1, 0.15) is 52.4 Å². The van der Waals surface area contributed by atoms with E-state index in [1.54, 1.807) is 0 Å². The molecular formula is C16H32O5. The second-order valence-corrected chi connectivity index (χ2v) is 4.87. The summed E-state index contributed by atoms with van der Waals surface area (Å²) in [6, 6.07) is 0. The van der Waals surface area contributed by atoms with Gasteiger partial charge in [0.2, 0.25) is 0 Å². The summed E-state index contributed by atoms with van der Waals surface area (Å²) < 4.78 is 21.2. The Kier molecular flexibility index (Phi) is 16.9.